The van der Waals surface area contributed by atoms with Crippen LogP contribution in [0.5, 0.6) is 0 Å². The summed E-state index contributed by atoms with van der Waals surface area (Å²) in [5, 5.41) is 8.52. The van der Waals surface area contributed by atoms with Gasteiger partial charge in [0.1, 0.15) is 5.69 Å². The van der Waals surface area contributed by atoms with Crippen LogP contribution in [0.2, 0.25) is 0 Å². The zero-order valence-electron chi connectivity index (χ0n) is 15.2. The smallest absolute Gasteiger partial charge is 0.289 e. The lowest BCUT2D eigenvalue weighted by molar-refractivity contribution is 0.0678. The van der Waals surface area contributed by atoms with Gasteiger partial charge in [-0.15, -0.1) is 5.10 Å². The van der Waals surface area contributed by atoms with Gasteiger partial charge in [0.05, 0.1) is 29.0 Å². The molecule has 8 heteroatoms. The van der Waals surface area contributed by atoms with Crippen molar-refractivity contribution in [2.45, 2.75) is 18.9 Å². The molecule has 0 aliphatic carbocycles. The van der Waals surface area contributed by atoms with Gasteiger partial charge in [0, 0.05) is 19.3 Å². The molecule has 1 aliphatic heterocycles. The summed E-state index contributed by atoms with van der Waals surface area (Å²) in [7, 11) is 0. The van der Waals surface area contributed by atoms with Crippen molar-refractivity contribution in [2.24, 2.45) is 0 Å². The second kappa shape index (κ2) is 6.88. The second-order valence-electron chi connectivity index (χ2n) is 6.92. The molecule has 1 N–H and O–H groups in total. The highest BCUT2D eigenvalue weighted by atomic mass is 16.2. The molecule has 0 radical (unpaired) electrons. The van der Waals surface area contributed by atoms with E-state index in [4.69, 9.17) is 0 Å². The summed E-state index contributed by atoms with van der Waals surface area (Å²) in [6.07, 6.45) is 5.34. The van der Waals surface area contributed by atoms with Gasteiger partial charge in [0.2, 0.25) is 0 Å². The molecule has 1 fully saturated rings. The molecule has 1 saturated heterocycles. The van der Waals surface area contributed by atoms with E-state index in [0.717, 1.165) is 35.3 Å². The largest absolute Gasteiger partial charge is 0.336 e. The maximum Gasteiger partial charge on any atom is 0.289 e. The van der Waals surface area contributed by atoms with Gasteiger partial charge < -0.3 is 9.88 Å². The maximum atomic E-state index is 12.8. The molecule has 0 spiro atoms. The van der Waals surface area contributed by atoms with E-state index in [1.165, 1.54) is 0 Å². The SMILES string of the molecule is O=C(c1nc2ccccc2[nH]1)N1CCC(n2cc(-c3ccccn3)nn2)CC1. The van der Waals surface area contributed by atoms with Crippen molar-refractivity contribution in [1.29, 1.82) is 0 Å². The summed E-state index contributed by atoms with van der Waals surface area (Å²) in [4.78, 5) is 26.5. The molecular weight excluding hydrogens is 354 g/mol. The number of nitrogens with zero attached hydrogens (tertiary/aromatic N) is 6. The summed E-state index contributed by atoms with van der Waals surface area (Å²) in [5.41, 5.74) is 3.27. The number of aromatic amines is 1. The fourth-order valence-electron chi connectivity index (χ4n) is 3.62. The number of amides is 1. The quantitative estimate of drug-likeness (QED) is 0.596. The van der Waals surface area contributed by atoms with Crippen molar-refractivity contribution in [3.8, 4) is 11.4 Å². The number of pyridine rings is 1. The molecule has 8 nitrogen and oxygen atoms in total. The van der Waals surface area contributed by atoms with Crippen LogP contribution in [0.3, 0.4) is 0 Å². The van der Waals surface area contributed by atoms with Crippen molar-refractivity contribution in [2.75, 3.05) is 13.1 Å². The van der Waals surface area contributed by atoms with Gasteiger partial charge >= 0.3 is 0 Å². The first kappa shape index (κ1) is 16.6. The van der Waals surface area contributed by atoms with Gasteiger partial charge in [-0.05, 0) is 37.1 Å². The van der Waals surface area contributed by atoms with Gasteiger partial charge in [0.15, 0.2) is 5.82 Å². The van der Waals surface area contributed by atoms with E-state index in [-0.39, 0.29) is 11.9 Å². The number of carbonyl (C=O) groups excluding carboxylic acids is 1. The first-order valence-corrected chi connectivity index (χ1v) is 9.35. The fourth-order valence-corrected chi connectivity index (χ4v) is 3.62. The van der Waals surface area contributed by atoms with Gasteiger partial charge in [-0.25, -0.2) is 9.67 Å². The molecular formula is C20H19N7O. The molecule has 0 saturated carbocycles. The van der Waals surface area contributed by atoms with E-state index in [0.29, 0.717) is 18.9 Å². The first-order chi connectivity index (χ1) is 13.8. The number of hydrogen-bond donors (Lipinski definition) is 1. The lowest BCUT2D eigenvalue weighted by Gasteiger charge is -2.31. The van der Waals surface area contributed by atoms with Crippen LogP contribution in [-0.4, -0.2) is 53.8 Å². The first-order valence-electron chi connectivity index (χ1n) is 9.35. The average Bonchev–Trinajstić information content (AvgIpc) is 3.41. The van der Waals surface area contributed by atoms with Crippen LogP contribution < -0.4 is 0 Å². The highest BCUT2D eigenvalue weighted by Crippen LogP contribution is 2.24. The predicted molar refractivity (Wildman–Crippen MR) is 104 cm³/mol. The van der Waals surface area contributed by atoms with Crippen LogP contribution in [0.25, 0.3) is 22.4 Å². The second-order valence-corrected chi connectivity index (χ2v) is 6.92. The van der Waals surface area contributed by atoms with Gasteiger partial charge in [-0.3, -0.25) is 9.78 Å². The molecule has 5 rings (SSSR count). The maximum absolute atomic E-state index is 12.8. The third-order valence-corrected chi connectivity index (χ3v) is 5.16. The number of imidazole rings is 1. The van der Waals surface area contributed by atoms with Crippen molar-refractivity contribution >= 4 is 16.9 Å². The Labute approximate surface area is 161 Å². The van der Waals surface area contributed by atoms with Crippen molar-refractivity contribution in [1.82, 2.24) is 34.8 Å². The Morgan fingerprint density at radius 1 is 1.04 bits per heavy atom. The van der Waals surface area contributed by atoms with Crippen molar-refractivity contribution < 1.29 is 4.79 Å². The Kier molecular flexibility index (Phi) is 4.08. The van der Waals surface area contributed by atoms with E-state index >= 15 is 0 Å². The minimum atomic E-state index is -0.0533. The standard InChI is InChI=1S/C20H19N7O/c28-20(19-22-16-6-1-2-7-17(16)23-19)26-11-8-14(9-12-26)27-13-18(24-25-27)15-5-3-4-10-21-15/h1-7,10,13-14H,8-9,11-12H2,(H,22,23). The summed E-state index contributed by atoms with van der Waals surface area (Å²) in [6, 6.07) is 13.6. The number of fused-ring (bicyclic) bond motifs is 1. The molecule has 28 heavy (non-hydrogen) atoms. The number of hydrogen-bond acceptors (Lipinski definition) is 5. The van der Waals surface area contributed by atoms with E-state index in [1.807, 2.05) is 58.2 Å². The molecule has 1 amide bonds. The number of likely N-dealkylation sites (tertiary alicyclic amines) is 1. The minimum absolute atomic E-state index is 0.0533. The highest BCUT2D eigenvalue weighted by Gasteiger charge is 2.27. The fraction of sp³-hybridized carbons (Fsp3) is 0.250. The normalized spacial score (nSPS) is 15.2. The number of nitrogens with one attached hydrogen (secondary N) is 1. The Morgan fingerprint density at radius 3 is 2.64 bits per heavy atom. The molecule has 3 aromatic heterocycles. The van der Waals surface area contributed by atoms with E-state index in [1.54, 1.807) is 6.20 Å². The summed E-state index contributed by atoms with van der Waals surface area (Å²) in [6.45, 7) is 1.33. The lowest BCUT2D eigenvalue weighted by Crippen LogP contribution is -2.39. The summed E-state index contributed by atoms with van der Waals surface area (Å²) in [5.74, 6) is 0.347. The molecule has 1 aromatic carbocycles. The van der Waals surface area contributed by atoms with E-state index in [2.05, 4.69) is 25.3 Å². The van der Waals surface area contributed by atoms with Crippen LogP contribution in [0.4, 0.5) is 0 Å². The molecule has 0 unspecified atom stereocenters. The Bertz CT molecular complexity index is 1080. The Balaban J connectivity index is 1.26. The average molecular weight is 373 g/mol. The number of piperidine rings is 1. The minimum Gasteiger partial charge on any atom is -0.336 e. The van der Waals surface area contributed by atoms with Gasteiger partial charge in [-0.1, -0.05) is 23.4 Å². The molecule has 4 heterocycles. The van der Waals surface area contributed by atoms with Crippen LogP contribution >= 0.6 is 0 Å². The number of H-pyrrole nitrogens is 1. The lowest BCUT2D eigenvalue weighted by atomic mass is 10.1. The van der Waals surface area contributed by atoms with Crippen LogP contribution in [0.15, 0.2) is 54.9 Å². The van der Waals surface area contributed by atoms with Crippen molar-refractivity contribution in [3.63, 3.8) is 0 Å². The van der Waals surface area contributed by atoms with Crippen LogP contribution in [0.1, 0.15) is 29.5 Å². The third-order valence-electron chi connectivity index (χ3n) is 5.16. The predicted octanol–water partition coefficient (Wildman–Crippen LogP) is 2.69. The number of carbonyl (C=O) groups is 1. The number of benzene rings is 1. The number of para-hydroxylation sites is 2. The monoisotopic (exact) mass is 373 g/mol. The zero-order chi connectivity index (χ0) is 18.9. The summed E-state index contributed by atoms with van der Waals surface area (Å²) >= 11 is 0. The third kappa shape index (κ3) is 3.02. The Morgan fingerprint density at radius 2 is 1.86 bits per heavy atom. The topological polar surface area (TPSA) is 92.6 Å². The molecule has 4 aromatic rings. The zero-order valence-corrected chi connectivity index (χ0v) is 15.2. The number of aromatic nitrogens is 6. The van der Waals surface area contributed by atoms with Crippen molar-refractivity contribution in [3.05, 3.63) is 60.7 Å². The van der Waals surface area contributed by atoms with E-state index < -0.39 is 0 Å². The van der Waals surface area contributed by atoms with E-state index in [9.17, 15) is 4.79 Å². The molecule has 1 aliphatic rings. The molecule has 140 valence electrons. The highest BCUT2D eigenvalue weighted by molar-refractivity contribution is 5.94. The summed E-state index contributed by atoms with van der Waals surface area (Å²) < 4.78 is 1.90. The Hall–Kier alpha value is -3.55. The van der Waals surface area contributed by atoms with Gasteiger partial charge in [-0.2, -0.15) is 0 Å². The number of rotatable bonds is 3. The van der Waals surface area contributed by atoms with Crippen LogP contribution in [-0.2, 0) is 0 Å². The van der Waals surface area contributed by atoms with Gasteiger partial charge in [0.25, 0.3) is 5.91 Å². The molecule has 0 atom stereocenters. The van der Waals surface area contributed by atoms with Crippen LogP contribution in [0, 0.1) is 0 Å². The molecule has 0 bridgehead atoms.